The fourth-order valence-electron chi connectivity index (χ4n) is 2.90. The monoisotopic (exact) mass is 680 g/mol. The molecule has 0 aromatic heterocycles. The summed E-state index contributed by atoms with van der Waals surface area (Å²) in [7, 11) is 0. The third-order valence-corrected chi connectivity index (χ3v) is 5.67. The van der Waals surface area contributed by atoms with Crippen LogP contribution in [0.2, 0.25) is 0 Å². The largest absolute Gasteiger partial charge is 0.466 e. The van der Waals surface area contributed by atoms with Gasteiger partial charge in [-0.15, -0.1) is 0 Å². The first-order valence-corrected chi connectivity index (χ1v) is 15.7. The molecule has 11 nitrogen and oxygen atoms in total. The highest BCUT2D eigenvalue weighted by atomic mass is 127. The molecule has 0 aliphatic heterocycles. The van der Waals surface area contributed by atoms with E-state index in [1.54, 1.807) is 6.92 Å². The number of unbranched alkanes of at least 4 members (excludes halogenated alkanes) is 3. The number of carbonyl (C=O) groups is 1. The number of esters is 1. The fraction of sp³-hybridized carbons (Fsp3) is 0.963. The molecule has 0 aromatic rings. The van der Waals surface area contributed by atoms with Crippen molar-refractivity contribution in [1.29, 1.82) is 0 Å². The maximum atomic E-state index is 11.1. The van der Waals surface area contributed by atoms with Crippen molar-refractivity contribution in [2.75, 3.05) is 130 Å². The molecular weight excluding hydrogens is 627 g/mol. The predicted molar refractivity (Wildman–Crippen MR) is 156 cm³/mol. The molecule has 0 saturated carbocycles. The van der Waals surface area contributed by atoms with Gasteiger partial charge in [0.2, 0.25) is 0 Å². The summed E-state index contributed by atoms with van der Waals surface area (Å²) in [6.45, 7) is 11.7. The van der Waals surface area contributed by atoms with Crippen molar-refractivity contribution in [2.45, 2.75) is 39.0 Å². The van der Waals surface area contributed by atoms with Crippen LogP contribution in [0.3, 0.4) is 0 Å². The van der Waals surface area contributed by atoms with Crippen molar-refractivity contribution < 1.29 is 52.2 Å². The van der Waals surface area contributed by atoms with Crippen molar-refractivity contribution >= 4 is 28.6 Å². The topological polar surface area (TPSA) is 109 Å². The second-order valence-electron chi connectivity index (χ2n) is 8.17. The Hall–Kier alpha value is -0.160. The zero-order chi connectivity index (χ0) is 28.3. The number of halogens is 1. The van der Waals surface area contributed by atoms with E-state index in [0.29, 0.717) is 119 Å². The summed E-state index contributed by atoms with van der Waals surface area (Å²) in [5.41, 5.74) is 0. The Bertz CT molecular complexity index is 475. The number of rotatable bonds is 34. The molecule has 0 fully saturated rings. The molecule has 234 valence electrons. The first kappa shape index (κ1) is 38.8. The van der Waals surface area contributed by atoms with E-state index in [4.69, 9.17) is 47.4 Å². The van der Waals surface area contributed by atoms with Gasteiger partial charge in [-0.2, -0.15) is 0 Å². The van der Waals surface area contributed by atoms with E-state index in [1.807, 2.05) is 0 Å². The summed E-state index contributed by atoms with van der Waals surface area (Å²) in [5.74, 6) is -0.246. The second-order valence-corrected chi connectivity index (χ2v) is 9.25. The number of hydrogen-bond donors (Lipinski definition) is 0. The maximum absolute atomic E-state index is 11.1. The Kier molecular flexibility index (Phi) is 35.7. The molecule has 0 N–H and O–H groups in total. The molecule has 12 heteroatoms. The Balaban J connectivity index is 3.04. The van der Waals surface area contributed by atoms with Crippen molar-refractivity contribution in [1.82, 2.24) is 0 Å². The van der Waals surface area contributed by atoms with E-state index < -0.39 is 0 Å². The SMILES string of the molecule is CCOC(=O)CCOCCOCCOCCOCCOCCOCCOCCOCCOCCCCCCI. The molecule has 0 rings (SSSR count). The van der Waals surface area contributed by atoms with Crippen LogP contribution in [-0.4, -0.2) is 136 Å². The molecule has 0 heterocycles. The number of carbonyl (C=O) groups excluding carboxylic acids is 1. The Labute approximate surface area is 249 Å². The summed E-state index contributed by atoms with van der Waals surface area (Å²) < 4.78 is 55.0. The molecule has 0 spiro atoms. The van der Waals surface area contributed by atoms with E-state index in [2.05, 4.69) is 22.6 Å². The Morgan fingerprint density at radius 3 is 1.08 bits per heavy atom. The molecule has 0 bridgehead atoms. The van der Waals surface area contributed by atoms with Crippen LogP contribution in [0.15, 0.2) is 0 Å². The smallest absolute Gasteiger partial charge is 0.308 e. The normalized spacial score (nSPS) is 11.3. The Morgan fingerprint density at radius 2 is 0.744 bits per heavy atom. The average molecular weight is 681 g/mol. The van der Waals surface area contributed by atoms with Crippen molar-refractivity contribution in [3.05, 3.63) is 0 Å². The maximum Gasteiger partial charge on any atom is 0.308 e. The van der Waals surface area contributed by atoms with Gasteiger partial charge in [0.25, 0.3) is 0 Å². The second kappa shape index (κ2) is 35.9. The summed E-state index contributed by atoms with van der Waals surface area (Å²) >= 11 is 2.42. The highest BCUT2D eigenvalue weighted by Gasteiger charge is 2.01. The lowest BCUT2D eigenvalue weighted by molar-refractivity contribution is -0.144. The summed E-state index contributed by atoms with van der Waals surface area (Å²) in [4.78, 5) is 11.1. The van der Waals surface area contributed by atoms with Crippen LogP contribution in [0.5, 0.6) is 0 Å². The predicted octanol–water partition coefficient (Wildman–Crippen LogP) is 3.08. The minimum Gasteiger partial charge on any atom is -0.466 e. The van der Waals surface area contributed by atoms with Gasteiger partial charge in [-0.3, -0.25) is 4.79 Å². The molecule has 0 saturated heterocycles. The quantitative estimate of drug-likeness (QED) is 0.0433. The summed E-state index contributed by atoms with van der Waals surface area (Å²) in [6, 6.07) is 0. The van der Waals surface area contributed by atoms with Gasteiger partial charge in [0.15, 0.2) is 0 Å². The standard InChI is InChI=1S/C27H53IO11/c1-2-39-27(29)7-10-31-12-14-33-16-18-35-20-22-37-24-26-38-25-23-36-21-19-34-17-15-32-13-11-30-9-6-4-3-5-8-28/h2-26H2,1H3. The van der Waals surface area contributed by atoms with E-state index in [-0.39, 0.29) is 12.4 Å². The third-order valence-electron chi connectivity index (χ3n) is 4.90. The molecule has 0 aromatic carbocycles. The van der Waals surface area contributed by atoms with Crippen LogP contribution >= 0.6 is 22.6 Å². The molecule has 39 heavy (non-hydrogen) atoms. The highest BCUT2D eigenvalue weighted by Crippen LogP contribution is 2.02. The fourth-order valence-corrected chi connectivity index (χ4v) is 3.44. The summed E-state index contributed by atoms with van der Waals surface area (Å²) in [6.07, 6.45) is 5.24. The first-order chi connectivity index (χ1) is 19.3. The number of alkyl halides is 1. The van der Waals surface area contributed by atoms with Gasteiger partial charge < -0.3 is 47.4 Å². The van der Waals surface area contributed by atoms with Gasteiger partial charge in [0.05, 0.1) is 125 Å². The highest BCUT2D eigenvalue weighted by molar-refractivity contribution is 14.1. The van der Waals surface area contributed by atoms with Gasteiger partial charge >= 0.3 is 5.97 Å². The van der Waals surface area contributed by atoms with Gasteiger partial charge in [-0.25, -0.2) is 0 Å². The van der Waals surface area contributed by atoms with Crippen LogP contribution in [0.25, 0.3) is 0 Å². The molecule has 0 unspecified atom stereocenters. The lowest BCUT2D eigenvalue weighted by Crippen LogP contribution is -2.15. The molecule has 0 amide bonds. The number of hydrogen-bond acceptors (Lipinski definition) is 11. The third kappa shape index (κ3) is 35.8. The van der Waals surface area contributed by atoms with Gasteiger partial charge in [0, 0.05) is 6.61 Å². The number of ether oxygens (including phenoxy) is 10. The first-order valence-electron chi connectivity index (χ1n) is 14.2. The van der Waals surface area contributed by atoms with E-state index in [9.17, 15) is 4.79 Å². The van der Waals surface area contributed by atoms with Gasteiger partial charge in [-0.05, 0) is 24.2 Å². The lowest BCUT2D eigenvalue weighted by Gasteiger charge is -2.09. The van der Waals surface area contributed by atoms with Crippen LogP contribution in [0.1, 0.15) is 39.0 Å². The van der Waals surface area contributed by atoms with Crippen molar-refractivity contribution in [2.24, 2.45) is 0 Å². The molecule has 0 atom stereocenters. The van der Waals surface area contributed by atoms with E-state index in [0.717, 1.165) is 13.0 Å². The molecular formula is C27H53IO11. The van der Waals surface area contributed by atoms with E-state index >= 15 is 0 Å². The van der Waals surface area contributed by atoms with Crippen molar-refractivity contribution in [3.63, 3.8) is 0 Å². The van der Waals surface area contributed by atoms with Crippen molar-refractivity contribution in [3.8, 4) is 0 Å². The zero-order valence-corrected chi connectivity index (χ0v) is 26.2. The van der Waals surface area contributed by atoms with Crippen LogP contribution in [-0.2, 0) is 52.2 Å². The zero-order valence-electron chi connectivity index (χ0n) is 24.0. The van der Waals surface area contributed by atoms with Gasteiger partial charge in [-0.1, -0.05) is 35.4 Å². The van der Waals surface area contributed by atoms with Crippen LogP contribution < -0.4 is 0 Å². The van der Waals surface area contributed by atoms with Gasteiger partial charge in [0.1, 0.15) is 0 Å². The average Bonchev–Trinajstić information content (AvgIpc) is 2.94. The molecule has 0 aliphatic rings. The lowest BCUT2D eigenvalue weighted by atomic mass is 10.2. The summed E-state index contributed by atoms with van der Waals surface area (Å²) in [5, 5.41) is 0. The van der Waals surface area contributed by atoms with Crippen LogP contribution in [0, 0.1) is 0 Å². The minimum atomic E-state index is -0.246. The molecule has 0 radical (unpaired) electrons. The Morgan fingerprint density at radius 1 is 0.436 bits per heavy atom. The molecule has 0 aliphatic carbocycles. The van der Waals surface area contributed by atoms with Crippen LogP contribution in [0.4, 0.5) is 0 Å². The van der Waals surface area contributed by atoms with E-state index in [1.165, 1.54) is 23.7 Å². The minimum absolute atomic E-state index is 0.246.